The molecule has 0 aliphatic carbocycles. The zero-order chi connectivity index (χ0) is 14.6. The van der Waals surface area contributed by atoms with E-state index in [0.717, 1.165) is 20.3 Å². The molecule has 1 heterocycles. The van der Waals surface area contributed by atoms with Gasteiger partial charge in [0, 0.05) is 11.6 Å². The van der Waals surface area contributed by atoms with E-state index in [4.69, 9.17) is 0 Å². The molecule has 0 atom stereocenters. The number of aromatic hydroxyl groups is 1. The molecule has 6 nitrogen and oxygen atoms in total. The van der Waals surface area contributed by atoms with Crippen LogP contribution in [-0.2, 0) is 16.0 Å². The van der Waals surface area contributed by atoms with Gasteiger partial charge < -0.3 is 19.3 Å². The molecule has 1 aromatic heterocycles. The van der Waals surface area contributed by atoms with Crippen LogP contribution in [0.25, 0.3) is 0 Å². The third-order valence-electron chi connectivity index (χ3n) is 1.99. The highest BCUT2D eigenvalue weighted by Crippen LogP contribution is 2.33. The highest BCUT2D eigenvalue weighted by Gasteiger charge is 2.32. The van der Waals surface area contributed by atoms with Crippen LogP contribution in [0, 0.1) is 0 Å². The van der Waals surface area contributed by atoms with Crippen LogP contribution in [-0.4, -0.2) is 36.6 Å². The predicted octanol–water partition coefficient (Wildman–Crippen LogP) is 1.41. The van der Waals surface area contributed by atoms with E-state index in [0.29, 0.717) is 0 Å². The van der Waals surface area contributed by atoms with Crippen LogP contribution in [0.3, 0.4) is 0 Å². The molecule has 0 aliphatic rings. The first-order valence-corrected chi connectivity index (χ1v) is 4.86. The van der Waals surface area contributed by atoms with Crippen LogP contribution < -0.4 is 9.47 Å². The van der Waals surface area contributed by atoms with Gasteiger partial charge in [0.25, 0.3) is 5.88 Å². The molecule has 1 aromatic rings. The van der Waals surface area contributed by atoms with Gasteiger partial charge in [0.15, 0.2) is 5.75 Å². The molecule has 0 aliphatic heterocycles. The first-order valence-electron chi connectivity index (χ1n) is 4.86. The molecule has 0 spiro atoms. The summed E-state index contributed by atoms with van der Waals surface area (Å²) in [6.07, 6.45) is -5.40. The third kappa shape index (κ3) is 4.19. The van der Waals surface area contributed by atoms with Crippen molar-refractivity contribution in [2.45, 2.75) is 12.8 Å². The summed E-state index contributed by atoms with van der Waals surface area (Å²) in [5.41, 5.74) is -0.155. The molecule has 1 rings (SSSR count). The second-order valence-corrected chi connectivity index (χ2v) is 3.28. The lowest BCUT2D eigenvalue weighted by Gasteiger charge is -2.12. The fraction of sp³-hybridized carbons (Fsp3) is 0.400. The third-order valence-corrected chi connectivity index (χ3v) is 1.99. The van der Waals surface area contributed by atoms with E-state index in [1.54, 1.807) is 0 Å². The molecule has 0 aromatic carbocycles. The number of rotatable bonds is 4. The summed E-state index contributed by atoms with van der Waals surface area (Å²) in [5, 5.41) is 9.62. The van der Waals surface area contributed by atoms with E-state index in [2.05, 4.69) is 19.2 Å². The normalized spacial score (nSPS) is 11.0. The minimum atomic E-state index is -4.95. The summed E-state index contributed by atoms with van der Waals surface area (Å²) in [5.74, 6) is -2.63. The van der Waals surface area contributed by atoms with Crippen molar-refractivity contribution >= 4 is 5.97 Å². The standard InChI is InChI=1S/C10H10F3NO5/c1-17-7(15)4-5-3-6(19-10(11,12)13)14-9(18-2)8(5)16/h3,16H,4H2,1-2H3. The topological polar surface area (TPSA) is 77.9 Å². The fourth-order valence-electron chi connectivity index (χ4n) is 1.22. The first-order chi connectivity index (χ1) is 8.76. The van der Waals surface area contributed by atoms with Crippen molar-refractivity contribution in [3.05, 3.63) is 11.6 Å². The van der Waals surface area contributed by atoms with Crippen LogP contribution in [0.15, 0.2) is 6.07 Å². The molecular weight excluding hydrogens is 271 g/mol. The smallest absolute Gasteiger partial charge is 0.503 e. The number of methoxy groups -OCH3 is 2. The van der Waals surface area contributed by atoms with Gasteiger partial charge in [-0.3, -0.25) is 4.79 Å². The number of alkyl halides is 3. The molecule has 0 saturated heterocycles. The number of ether oxygens (including phenoxy) is 3. The van der Waals surface area contributed by atoms with Gasteiger partial charge in [0.2, 0.25) is 5.88 Å². The summed E-state index contributed by atoms with van der Waals surface area (Å²) in [6, 6.07) is 0.780. The largest absolute Gasteiger partial charge is 0.574 e. The second-order valence-electron chi connectivity index (χ2n) is 3.28. The van der Waals surface area contributed by atoms with E-state index in [1.807, 2.05) is 0 Å². The first kappa shape index (κ1) is 14.9. The molecule has 1 N–H and O–H groups in total. The summed E-state index contributed by atoms with van der Waals surface area (Å²) in [7, 11) is 2.20. The molecule has 19 heavy (non-hydrogen) atoms. The maximum atomic E-state index is 12.1. The molecule has 0 saturated carbocycles. The Hall–Kier alpha value is -2.19. The van der Waals surface area contributed by atoms with Crippen molar-refractivity contribution in [2.24, 2.45) is 0 Å². The molecule has 106 valence electrons. The van der Waals surface area contributed by atoms with Crippen LogP contribution in [0.2, 0.25) is 0 Å². The fourth-order valence-corrected chi connectivity index (χ4v) is 1.22. The summed E-state index contributed by atoms with van der Waals surface area (Å²) < 4.78 is 48.8. The lowest BCUT2D eigenvalue weighted by atomic mass is 10.2. The van der Waals surface area contributed by atoms with Crippen molar-refractivity contribution < 1.29 is 37.3 Å². The molecule has 0 amide bonds. The number of pyridine rings is 1. The number of hydrogen-bond donors (Lipinski definition) is 1. The number of carbonyl (C=O) groups excluding carboxylic acids is 1. The number of carbonyl (C=O) groups is 1. The number of nitrogens with zero attached hydrogens (tertiary/aromatic N) is 1. The van der Waals surface area contributed by atoms with Gasteiger partial charge in [-0.15, -0.1) is 13.2 Å². The van der Waals surface area contributed by atoms with Gasteiger partial charge in [0.05, 0.1) is 20.6 Å². The Bertz CT molecular complexity index is 475. The Morgan fingerprint density at radius 1 is 1.42 bits per heavy atom. The molecule has 0 fully saturated rings. The van der Waals surface area contributed by atoms with Gasteiger partial charge in [-0.1, -0.05) is 0 Å². The van der Waals surface area contributed by atoms with Gasteiger partial charge in [-0.25, -0.2) is 0 Å². The van der Waals surface area contributed by atoms with Crippen molar-refractivity contribution in [1.29, 1.82) is 0 Å². The predicted molar refractivity (Wildman–Crippen MR) is 54.9 cm³/mol. The Morgan fingerprint density at radius 2 is 2.05 bits per heavy atom. The van der Waals surface area contributed by atoms with E-state index < -0.39 is 36.3 Å². The van der Waals surface area contributed by atoms with Gasteiger partial charge in [-0.2, -0.15) is 4.98 Å². The Morgan fingerprint density at radius 3 is 2.53 bits per heavy atom. The summed E-state index contributed by atoms with van der Waals surface area (Å²) in [4.78, 5) is 14.4. The van der Waals surface area contributed by atoms with Gasteiger partial charge in [0.1, 0.15) is 0 Å². The van der Waals surface area contributed by atoms with Crippen LogP contribution in [0.4, 0.5) is 13.2 Å². The van der Waals surface area contributed by atoms with Crippen LogP contribution in [0.1, 0.15) is 5.56 Å². The second kappa shape index (κ2) is 5.63. The van der Waals surface area contributed by atoms with Crippen molar-refractivity contribution in [1.82, 2.24) is 4.98 Å². The van der Waals surface area contributed by atoms with E-state index >= 15 is 0 Å². The van der Waals surface area contributed by atoms with E-state index in [1.165, 1.54) is 0 Å². The SMILES string of the molecule is COC(=O)Cc1cc(OC(F)(F)F)nc(OC)c1O. The molecule has 0 bridgehead atoms. The Balaban J connectivity index is 3.14. The Labute approximate surface area is 105 Å². The van der Waals surface area contributed by atoms with Crippen molar-refractivity contribution in [2.75, 3.05) is 14.2 Å². The van der Waals surface area contributed by atoms with E-state index in [-0.39, 0.29) is 5.56 Å². The van der Waals surface area contributed by atoms with Crippen molar-refractivity contribution in [3.63, 3.8) is 0 Å². The minimum absolute atomic E-state index is 0.155. The number of aromatic nitrogens is 1. The maximum absolute atomic E-state index is 12.1. The van der Waals surface area contributed by atoms with E-state index in [9.17, 15) is 23.1 Å². The highest BCUT2D eigenvalue weighted by molar-refractivity contribution is 5.74. The number of hydrogen-bond acceptors (Lipinski definition) is 6. The average molecular weight is 281 g/mol. The average Bonchev–Trinajstić information content (AvgIpc) is 2.30. The molecule has 0 unspecified atom stereocenters. The zero-order valence-corrected chi connectivity index (χ0v) is 9.95. The van der Waals surface area contributed by atoms with Gasteiger partial charge >= 0.3 is 12.3 Å². The van der Waals surface area contributed by atoms with Crippen LogP contribution >= 0.6 is 0 Å². The lowest BCUT2D eigenvalue weighted by Crippen LogP contribution is -2.18. The summed E-state index contributed by atoms with van der Waals surface area (Å²) >= 11 is 0. The van der Waals surface area contributed by atoms with Crippen molar-refractivity contribution in [3.8, 4) is 17.5 Å². The van der Waals surface area contributed by atoms with Crippen LogP contribution in [0.5, 0.6) is 17.5 Å². The maximum Gasteiger partial charge on any atom is 0.574 e. The Kier molecular flexibility index (Phi) is 4.41. The lowest BCUT2D eigenvalue weighted by molar-refractivity contribution is -0.276. The molecule has 0 radical (unpaired) electrons. The summed E-state index contributed by atoms with van der Waals surface area (Å²) in [6.45, 7) is 0. The zero-order valence-electron chi connectivity index (χ0n) is 9.95. The van der Waals surface area contributed by atoms with Gasteiger partial charge in [-0.05, 0) is 0 Å². The quantitative estimate of drug-likeness (QED) is 0.841. The number of esters is 1. The molecular formula is C10H10F3NO5. The highest BCUT2D eigenvalue weighted by atomic mass is 19.4. The number of halogens is 3. The minimum Gasteiger partial charge on any atom is -0.503 e. The molecule has 9 heteroatoms. The monoisotopic (exact) mass is 281 g/mol.